The molecule has 0 bridgehead atoms. The highest BCUT2D eigenvalue weighted by Crippen LogP contribution is 2.32. The molecule has 1 unspecified atom stereocenters. The third-order valence-electron chi connectivity index (χ3n) is 4.48. The molecule has 3 aromatic rings. The molecule has 1 aromatic heterocycles. The smallest absolute Gasteiger partial charge is 0.181 e. The largest absolute Gasteiger partial charge is 0.493 e. The molecule has 26 heavy (non-hydrogen) atoms. The molecule has 7 heteroatoms. The van der Waals surface area contributed by atoms with Gasteiger partial charge in [-0.15, -0.1) is 5.10 Å². The minimum Gasteiger partial charge on any atom is -0.493 e. The van der Waals surface area contributed by atoms with E-state index in [1.54, 1.807) is 18.9 Å². The van der Waals surface area contributed by atoms with E-state index in [1.165, 1.54) is 0 Å². The monoisotopic (exact) mass is 353 g/mol. The first kappa shape index (κ1) is 17.7. The molecule has 0 fully saturated rings. The predicted octanol–water partition coefficient (Wildman–Crippen LogP) is 3.42. The molecule has 0 spiro atoms. The lowest BCUT2D eigenvalue weighted by Crippen LogP contribution is -2.34. The molecule has 0 aliphatic rings. The van der Waals surface area contributed by atoms with Gasteiger partial charge in [-0.05, 0) is 48.0 Å². The van der Waals surface area contributed by atoms with Gasteiger partial charge in [-0.2, -0.15) is 4.68 Å². The lowest BCUT2D eigenvalue weighted by atomic mass is 9.97. The van der Waals surface area contributed by atoms with Crippen LogP contribution in [0.4, 0.5) is 5.69 Å². The van der Waals surface area contributed by atoms with Crippen LogP contribution in [0.25, 0.3) is 5.69 Å². The maximum absolute atomic E-state index is 5.40. The molecule has 1 N–H and O–H groups in total. The van der Waals surface area contributed by atoms with Gasteiger partial charge in [-0.25, -0.2) is 0 Å². The molecule has 0 radical (unpaired) electrons. The van der Waals surface area contributed by atoms with Crippen LogP contribution in [0.2, 0.25) is 0 Å². The van der Waals surface area contributed by atoms with Crippen LogP contribution in [0.5, 0.6) is 11.5 Å². The van der Waals surface area contributed by atoms with Crippen molar-refractivity contribution in [1.29, 1.82) is 0 Å². The molecule has 0 amide bonds. The van der Waals surface area contributed by atoms with E-state index < -0.39 is 5.54 Å². The number of methoxy groups -OCH3 is 2. The van der Waals surface area contributed by atoms with Crippen molar-refractivity contribution in [3.63, 3.8) is 0 Å². The number of anilines is 1. The highest BCUT2D eigenvalue weighted by molar-refractivity contribution is 5.50. The lowest BCUT2D eigenvalue weighted by Gasteiger charge is -2.29. The number of tetrazole rings is 1. The minimum absolute atomic E-state index is 0.446. The summed E-state index contributed by atoms with van der Waals surface area (Å²) >= 11 is 0. The SMILES string of the molecule is CCC(C)(Nc1ccccc1)c1nnnn1-c1ccc(OC)c(OC)c1. The van der Waals surface area contributed by atoms with Gasteiger partial charge in [0.05, 0.1) is 25.4 Å². The van der Waals surface area contributed by atoms with Crippen LogP contribution in [0.3, 0.4) is 0 Å². The van der Waals surface area contributed by atoms with Crippen LogP contribution < -0.4 is 14.8 Å². The summed E-state index contributed by atoms with van der Waals surface area (Å²) in [5.74, 6) is 2.00. The fourth-order valence-corrected chi connectivity index (χ4v) is 2.80. The first-order chi connectivity index (χ1) is 12.6. The van der Waals surface area contributed by atoms with Gasteiger partial charge in [0.25, 0.3) is 0 Å². The van der Waals surface area contributed by atoms with Crippen molar-refractivity contribution >= 4 is 5.69 Å². The molecule has 1 heterocycles. The van der Waals surface area contributed by atoms with Crippen molar-refractivity contribution < 1.29 is 9.47 Å². The molecule has 136 valence electrons. The summed E-state index contributed by atoms with van der Waals surface area (Å²) in [5.41, 5.74) is 1.37. The molecule has 1 atom stereocenters. The van der Waals surface area contributed by atoms with E-state index >= 15 is 0 Å². The highest BCUT2D eigenvalue weighted by Gasteiger charge is 2.31. The molecule has 3 rings (SSSR count). The van der Waals surface area contributed by atoms with Crippen LogP contribution in [0, 0.1) is 0 Å². The van der Waals surface area contributed by atoms with E-state index in [-0.39, 0.29) is 0 Å². The van der Waals surface area contributed by atoms with Gasteiger partial charge in [0.2, 0.25) is 0 Å². The zero-order valence-corrected chi connectivity index (χ0v) is 15.4. The summed E-state index contributed by atoms with van der Waals surface area (Å²) in [5, 5.41) is 15.9. The van der Waals surface area contributed by atoms with E-state index in [9.17, 15) is 0 Å². The lowest BCUT2D eigenvalue weighted by molar-refractivity contribution is 0.354. The topological polar surface area (TPSA) is 74.1 Å². The van der Waals surface area contributed by atoms with E-state index in [0.29, 0.717) is 11.5 Å². The van der Waals surface area contributed by atoms with Crippen LogP contribution in [-0.2, 0) is 5.54 Å². The number of hydrogen-bond acceptors (Lipinski definition) is 6. The second kappa shape index (κ2) is 7.43. The van der Waals surface area contributed by atoms with Gasteiger partial charge >= 0.3 is 0 Å². The average molecular weight is 353 g/mol. The average Bonchev–Trinajstić information content (AvgIpc) is 3.18. The molecular weight excluding hydrogens is 330 g/mol. The maximum Gasteiger partial charge on any atom is 0.181 e. The summed E-state index contributed by atoms with van der Waals surface area (Å²) in [6.07, 6.45) is 0.801. The second-order valence-electron chi connectivity index (χ2n) is 6.13. The van der Waals surface area contributed by atoms with Crippen molar-refractivity contribution in [2.24, 2.45) is 0 Å². The predicted molar refractivity (Wildman–Crippen MR) is 100.0 cm³/mol. The van der Waals surface area contributed by atoms with Gasteiger partial charge in [0.15, 0.2) is 17.3 Å². The Labute approximate surface area is 152 Å². The molecule has 2 aromatic carbocycles. The van der Waals surface area contributed by atoms with Crippen LogP contribution in [0.1, 0.15) is 26.1 Å². The van der Waals surface area contributed by atoms with E-state index in [1.807, 2.05) is 48.5 Å². The molecule has 0 aliphatic carbocycles. The Morgan fingerprint density at radius 1 is 1.04 bits per heavy atom. The van der Waals surface area contributed by atoms with E-state index in [4.69, 9.17) is 9.47 Å². The Hall–Kier alpha value is -3.09. The Bertz CT molecular complexity index is 865. The van der Waals surface area contributed by atoms with Crippen molar-refractivity contribution in [1.82, 2.24) is 20.2 Å². The number of para-hydroxylation sites is 1. The molecule has 0 saturated carbocycles. The Kier molecular flexibility index (Phi) is 5.06. The van der Waals surface area contributed by atoms with E-state index in [0.717, 1.165) is 23.6 Å². The fraction of sp³-hybridized carbons (Fsp3) is 0.316. The number of aromatic nitrogens is 4. The first-order valence-electron chi connectivity index (χ1n) is 8.45. The summed E-state index contributed by atoms with van der Waals surface area (Å²) in [6.45, 7) is 4.19. The van der Waals surface area contributed by atoms with Crippen molar-refractivity contribution in [3.8, 4) is 17.2 Å². The Morgan fingerprint density at radius 3 is 2.42 bits per heavy atom. The minimum atomic E-state index is -0.446. The van der Waals surface area contributed by atoms with Crippen molar-refractivity contribution in [3.05, 3.63) is 54.4 Å². The molecule has 0 aliphatic heterocycles. The standard InChI is InChI=1S/C19H23N5O2/c1-5-19(2,20-14-9-7-6-8-10-14)18-21-22-23-24(18)15-11-12-16(25-3)17(13-15)26-4/h6-13,20H,5H2,1-4H3. The Balaban J connectivity index is 2.01. The molecular formula is C19H23N5O2. The van der Waals surface area contributed by atoms with E-state index in [2.05, 4.69) is 34.7 Å². The number of benzene rings is 2. The van der Waals surface area contributed by atoms with Gasteiger partial charge < -0.3 is 14.8 Å². The third-order valence-corrected chi connectivity index (χ3v) is 4.48. The zero-order chi connectivity index (χ0) is 18.6. The third kappa shape index (κ3) is 3.33. The van der Waals surface area contributed by atoms with Gasteiger partial charge in [-0.1, -0.05) is 25.1 Å². The fourth-order valence-electron chi connectivity index (χ4n) is 2.80. The Morgan fingerprint density at radius 2 is 1.77 bits per heavy atom. The van der Waals surface area contributed by atoms with Crippen molar-refractivity contribution in [2.45, 2.75) is 25.8 Å². The van der Waals surface area contributed by atoms with Crippen LogP contribution in [0.15, 0.2) is 48.5 Å². The van der Waals surface area contributed by atoms with Crippen LogP contribution in [-0.4, -0.2) is 34.4 Å². The maximum atomic E-state index is 5.40. The number of rotatable bonds is 7. The quantitative estimate of drug-likeness (QED) is 0.701. The summed E-state index contributed by atoms with van der Waals surface area (Å²) in [4.78, 5) is 0. The highest BCUT2D eigenvalue weighted by atomic mass is 16.5. The van der Waals surface area contributed by atoms with Crippen LogP contribution >= 0.6 is 0 Å². The normalized spacial score (nSPS) is 13.1. The van der Waals surface area contributed by atoms with Crippen molar-refractivity contribution in [2.75, 3.05) is 19.5 Å². The number of nitrogens with one attached hydrogen (secondary N) is 1. The number of nitrogens with zero attached hydrogens (tertiary/aromatic N) is 4. The second-order valence-corrected chi connectivity index (χ2v) is 6.13. The zero-order valence-electron chi connectivity index (χ0n) is 15.4. The molecule has 0 saturated heterocycles. The summed E-state index contributed by atoms with van der Waals surface area (Å²) in [6, 6.07) is 15.6. The number of ether oxygens (including phenoxy) is 2. The number of hydrogen-bond donors (Lipinski definition) is 1. The summed E-state index contributed by atoms with van der Waals surface area (Å²) in [7, 11) is 3.22. The van der Waals surface area contributed by atoms with Gasteiger partial charge in [-0.3, -0.25) is 0 Å². The van der Waals surface area contributed by atoms with Gasteiger partial charge in [0, 0.05) is 11.8 Å². The summed E-state index contributed by atoms with van der Waals surface area (Å²) < 4.78 is 12.4. The van der Waals surface area contributed by atoms with Gasteiger partial charge in [0.1, 0.15) is 0 Å². The molecule has 7 nitrogen and oxygen atoms in total. The first-order valence-corrected chi connectivity index (χ1v) is 8.45.